The monoisotopic (exact) mass is 540 g/mol. The number of unbranched alkanes of at least 4 members (excludes halogenated alkanes) is 2. The van der Waals surface area contributed by atoms with Crippen molar-refractivity contribution in [3.8, 4) is 0 Å². The van der Waals surface area contributed by atoms with Crippen LogP contribution in [0.2, 0.25) is 0 Å². The number of aliphatic hydroxyl groups is 1. The number of aliphatic hydroxyl groups excluding tert-OH is 1. The predicted molar refractivity (Wildman–Crippen MR) is 145 cm³/mol. The largest absolute Gasteiger partial charge is 0.507 e. The molecule has 188 valence electrons. The molecule has 0 unspecified atom stereocenters. The van der Waals surface area contributed by atoms with E-state index in [1.165, 1.54) is 0 Å². The maximum Gasteiger partial charge on any atom is 0.295 e. The molecular weight excluding hydrogens is 504 g/mol. The number of benzene rings is 2. The summed E-state index contributed by atoms with van der Waals surface area (Å²) in [5.74, 6) is -1.29. The van der Waals surface area contributed by atoms with Gasteiger partial charge in [0.15, 0.2) is 0 Å². The van der Waals surface area contributed by atoms with E-state index in [9.17, 15) is 14.7 Å². The minimum absolute atomic E-state index is 0.128. The highest BCUT2D eigenvalue weighted by molar-refractivity contribution is 9.10. The van der Waals surface area contributed by atoms with Gasteiger partial charge in [0.25, 0.3) is 11.7 Å². The van der Waals surface area contributed by atoms with Crippen LogP contribution in [0.4, 0.5) is 0 Å². The van der Waals surface area contributed by atoms with Crippen LogP contribution < -0.4 is 0 Å². The lowest BCUT2D eigenvalue weighted by Gasteiger charge is -2.27. The highest BCUT2D eigenvalue weighted by atomic mass is 79.9. The number of Topliss-reactive ketones (excluding diaryl/α,β-unsaturated/α-hetero) is 1. The number of hydrogen-bond acceptors (Lipinski definition) is 4. The molecule has 0 bridgehead atoms. The highest BCUT2D eigenvalue weighted by Crippen LogP contribution is 2.39. The third kappa shape index (κ3) is 6.83. The first kappa shape index (κ1) is 27.2. The number of carbonyl (C=O) groups excluding carboxylic acids is 2. The Morgan fingerprint density at radius 3 is 2.06 bits per heavy atom. The van der Waals surface area contributed by atoms with Crippen LogP contribution in [0.25, 0.3) is 5.76 Å². The van der Waals surface area contributed by atoms with Crippen molar-refractivity contribution in [3.05, 3.63) is 75.3 Å². The van der Waals surface area contributed by atoms with Gasteiger partial charge in [0, 0.05) is 16.6 Å². The molecule has 1 N–H and O–H groups in total. The molecule has 1 saturated heterocycles. The summed E-state index contributed by atoms with van der Waals surface area (Å²) < 4.78 is 0.875. The zero-order valence-electron chi connectivity index (χ0n) is 21.1. The van der Waals surface area contributed by atoms with E-state index >= 15 is 0 Å². The van der Waals surface area contributed by atoms with Crippen LogP contribution in [0.5, 0.6) is 0 Å². The summed E-state index contributed by atoms with van der Waals surface area (Å²) in [6.45, 7) is 9.87. The van der Waals surface area contributed by atoms with E-state index in [-0.39, 0.29) is 11.3 Å². The Kier molecular flexibility index (Phi) is 10.1. The van der Waals surface area contributed by atoms with Crippen molar-refractivity contribution >= 4 is 33.4 Å². The topological polar surface area (TPSA) is 60.9 Å². The molecular formula is C29H37BrN2O3. The Hall–Kier alpha value is -2.44. The molecule has 5 nitrogen and oxygen atoms in total. The van der Waals surface area contributed by atoms with Crippen molar-refractivity contribution in [2.75, 3.05) is 26.2 Å². The second-order valence-electron chi connectivity index (χ2n) is 9.31. The van der Waals surface area contributed by atoms with Crippen LogP contribution in [0.1, 0.15) is 68.7 Å². The lowest BCUT2D eigenvalue weighted by atomic mass is 9.94. The van der Waals surface area contributed by atoms with Crippen LogP contribution in [0.3, 0.4) is 0 Å². The molecule has 1 fully saturated rings. The predicted octanol–water partition coefficient (Wildman–Crippen LogP) is 6.47. The van der Waals surface area contributed by atoms with Gasteiger partial charge in [-0.05, 0) is 63.5 Å². The number of carbonyl (C=O) groups is 2. The lowest BCUT2D eigenvalue weighted by molar-refractivity contribution is -0.140. The third-order valence-electron chi connectivity index (χ3n) is 6.58. The molecule has 2 aromatic carbocycles. The molecule has 0 saturated carbocycles. The number of rotatable bonds is 12. The van der Waals surface area contributed by atoms with Crippen molar-refractivity contribution in [1.82, 2.24) is 9.80 Å². The SMILES string of the molecule is CCCCN(CCCC)CCCN1C(=O)C(=O)C(=C(O)c2ccc(Br)cc2)[C@@H]1c1ccc(C)cc1. The summed E-state index contributed by atoms with van der Waals surface area (Å²) >= 11 is 3.40. The summed E-state index contributed by atoms with van der Waals surface area (Å²) in [6, 6.07) is 14.4. The Bertz CT molecular complexity index is 1020. The van der Waals surface area contributed by atoms with Crippen molar-refractivity contribution in [1.29, 1.82) is 0 Å². The maximum atomic E-state index is 13.2. The average Bonchev–Trinajstić information content (AvgIpc) is 3.10. The maximum absolute atomic E-state index is 13.2. The fourth-order valence-electron chi connectivity index (χ4n) is 4.53. The Labute approximate surface area is 218 Å². The summed E-state index contributed by atoms with van der Waals surface area (Å²) in [4.78, 5) is 30.5. The lowest BCUT2D eigenvalue weighted by Crippen LogP contribution is -2.34. The Morgan fingerprint density at radius 2 is 1.49 bits per heavy atom. The van der Waals surface area contributed by atoms with Crippen LogP contribution in [-0.4, -0.2) is 52.8 Å². The van der Waals surface area contributed by atoms with Gasteiger partial charge in [-0.25, -0.2) is 0 Å². The zero-order chi connectivity index (χ0) is 25.4. The fraction of sp³-hybridized carbons (Fsp3) is 0.448. The molecule has 1 heterocycles. The molecule has 0 aromatic heterocycles. The second kappa shape index (κ2) is 13.0. The summed E-state index contributed by atoms with van der Waals surface area (Å²) in [6.07, 6.45) is 5.40. The molecule has 2 aromatic rings. The van der Waals surface area contributed by atoms with E-state index in [2.05, 4.69) is 34.7 Å². The molecule has 35 heavy (non-hydrogen) atoms. The number of aryl methyl sites for hydroxylation is 1. The second-order valence-corrected chi connectivity index (χ2v) is 10.2. The smallest absolute Gasteiger partial charge is 0.295 e. The van der Waals surface area contributed by atoms with Crippen molar-refractivity contribution < 1.29 is 14.7 Å². The van der Waals surface area contributed by atoms with Crippen LogP contribution in [0.15, 0.2) is 58.6 Å². The van der Waals surface area contributed by atoms with Gasteiger partial charge in [0.2, 0.25) is 0 Å². The Morgan fingerprint density at radius 1 is 0.914 bits per heavy atom. The summed E-state index contributed by atoms with van der Waals surface area (Å²) in [7, 11) is 0. The molecule has 1 aliphatic rings. The molecule has 0 aliphatic carbocycles. The van der Waals surface area contributed by atoms with Gasteiger partial charge in [0.05, 0.1) is 11.6 Å². The number of ketones is 1. The first-order valence-corrected chi connectivity index (χ1v) is 13.5. The molecule has 1 amide bonds. The van der Waals surface area contributed by atoms with Crippen molar-refractivity contribution in [3.63, 3.8) is 0 Å². The molecule has 1 atom stereocenters. The normalized spacial score (nSPS) is 17.5. The minimum Gasteiger partial charge on any atom is -0.507 e. The summed E-state index contributed by atoms with van der Waals surface area (Å²) in [5.41, 5.74) is 2.62. The van der Waals surface area contributed by atoms with Gasteiger partial charge in [-0.2, -0.15) is 0 Å². The van der Waals surface area contributed by atoms with Gasteiger partial charge >= 0.3 is 0 Å². The standard InChI is InChI=1S/C29H37BrN2O3/c1-4-6-17-31(18-7-5-2)19-8-20-32-26(22-11-9-21(3)10-12-22)25(28(34)29(32)35)27(33)23-13-15-24(30)16-14-23/h9-16,26,33H,4-8,17-20H2,1-3H3/t26-/m0/s1. The third-order valence-corrected chi connectivity index (χ3v) is 7.11. The van der Waals surface area contributed by atoms with Crippen LogP contribution in [0, 0.1) is 6.92 Å². The Balaban J connectivity index is 1.90. The van der Waals surface area contributed by atoms with E-state index in [1.54, 1.807) is 17.0 Å². The number of hydrogen-bond donors (Lipinski definition) is 1. The van der Waals surface area contributed by atoms with Crippen molar-refractivity contribution in [2.45, 2.75) is 58.9 Å². The van der Waals surface area contributed by atoms with Gasteiger partial charge in [-0.15, -0.1) is 0 Å². The number of halogens is 1. The highest BCUT2D eigenvalue weighted by Gasteiger charge is 2.45. The first-order chi connectivity index (χ1) is 16.9. The van der Waals surface area contributed by atoms with Crippen LogP contribution in [-0.2, 0) is 9.59 Å². The summed E-state index contributed by atoms with van der Waals surface area (Å²) in [5, 5.41) is 11.2. The fourth-order valence-corrected chi connectivity index (χ4v) is 4.80. The molecule has 3 rings (SSSR count). The van der Waals surface area contributed by atoms with Crippen molar-refractivity contribution in [2.24, 2.45) is 0 Å². The van der Waals surface area contributed by atoms with E-state index < -0.39 is 17.7 Å². The van der Waals surface area contributed by atoms with E-state index in [0.29, 0.717) is 12.1 Å². The van der Waals surface area contributed by atoms with E-state index in [0.717, 1.165) is 67.3 Å². The first-order valence-electron chi connectivity index (χ1n) is 12.7. The number of amides is 1. The van der Waals surface area contributed by atoms with Gasteiger partial charge in [-0.3, -0.25) is 9.59 Å². The van der Waals surface area contributed by atoms with Gasteiger partial charge in [-0.1, -0.05) is 84.6 Å². The molecule has 6 heteroatoms. The molecule has 1 aliphatic heterocycles. The van der Waals surface area contributed by atoms with Crippen LogP contribution >= 0.6 is 15.9 Å². The average molecular weight is 542 g/mol. The minimum atomic E-state index is -0.621. The van der Waals surface area contributed by atoms with E-state index in [4.69, 9.17) is 0 Å². The number of likely N-dealkylation sites (tertiary alicyclic amines) is 1. The zero-order valence-corrected chi connectivity index (χ0v) is 22.7. The van der Waals surface area contributed by atoms with Gasteiger partial charge < -0.3 is 14.9 Å². The quantitative estimate of drug-likeness (QED) is 0.190. The van der Waals surface area contributed by atoms with Gasteiger partial charge in [0.1, 0.15) is 5.76 Å². The van der Waals surface area contributed by atoms with E-state index in [1.807, 2.05) is 43.3 Å². The molecule has 0 spiro atoms. The molecule has 0 radical (unpaired) electrons. The number of nitrogens with zero attached hydrogens (tertiary/aromatic N) is 2.